The van der Waals surface area contributed by atoms with Gasteiger partial charge in [-0.05, 0) is 50.8 Å². The van der Waals surface area contributed by atoms with Gasteiger partial charge in [-0.2, -0.15) is 0 Å². The molecule has 2 nitrogen and oxygen atoms in total. The molecule has 1 aliphatic heterocycles. The number of hydrogen-bond acceptors (Lipinski definition) is 2. The molecule has 0 N–H and O–H groups in total. The zero-order chi connectivity index (χ0) is 16.6. The summed E-state index contributed by atoms with van der Waals surface area (Å²) in [5.41, 5.74) is 7.35. The van der Waals surface area contributed by atoms with Crippen molar-refractivity contribution in [2.45, 2.75) is 40.2 Å². The van der Waals surface area contributed by atoms with Crippen LogP contribution >= 0.6 is 0 Å². The lowest BCUT2D eigenvalue weighted by atomic mass is 9.86. The van der Waals surface area contributed by atoms with Crippen molar-refractivity contribution in [3.05, 3.63) is 77.3 Å². The molecule has 1 atom stereocenters. The molecule has 0 amide bonds. The van der Waals surface area contributed by atoms with Gasteiger partial charge in [0.15, 0.2) is 0 Å². The highest BCUT2D eigenvalue weighted by atomic mass is 15.3. The third-order valence-electron chi connectivity index (χ3n) is 5.49. The summed E-state index contributed by atoms with van der Waals surface area (Å²) in [6.45, 7) is 12.5. The van der Waals surface area contributed by atoms with Crippen LogP contribution in [0.2, 0.25) is 0 Å². The van der Waals surface area contributed by atoms with Crippen LogP contribution in [0, 0.1) is 12.6 Å². The van der Waals surface area contributed by atoms with E-state index in [2.05, 4.69) is 82.0 Å². The Balaban J connectivity index is 1.90. The largest absolute Gasteiger partial charge is 0.349 e. The van der Waals surface area contributed by atoms with Crippen LogP contribution in [0.3, 0.4) is 0 Å². The Morgan fingerprint density at radius 3 is 2.09 bits per heavy atom. The van der Waals surface area contributed by atoms with Gasteiger partial charge in [0.2, 0.25) is 6.67 Å². The second kappa shape index (κ2) is 6.27. The number of rotatable bonds is 4. The highest BCUT2D eigenvalue weighted by Gasteiger charge is 2.31. The molecule has 1 heterocycles. The highest BCUT2D eigenvalue weighted by molar-refractivity contribution is 5.46. The van der Waals surface area contributed by atoms with Crippen molar-refractivity contribution in [1.29, 1.82) is 0 Å². The van der Waals surface area contributed by atoms with Crippen LogP contribution < -0.4 is 0 Å². The Hall–Kier alpha value is -1.96. The maximum atomic E-state index is 3.40. The van der Waals surface area contributed by atoms with Crippen molar-refractivity contribution < 1.29 is 0 Å². The first-order valence-electron chi connectivity index (χ1n) is 8.35. The van der Waals surface area contributed by atoms with Gasteiger partial charge in [-0.25, -0.2) is 0 Å². The van der Waals surface area contributed by atoms with Gasteiger partial charge in [-0.3, -0.25) is 0 Å². The zero-order valence-corrected chi connectivity index (χ0v) is 14.8. The lowest BCUT2D eigenvalue weighted by Gasteiger charge is -2.31. The molecule has 0 bridgehead atoms. The van der Waals surface area contributed by atoms with Gasteiger partial charge in [0.05, 0.1) is 6.04 Å². The van der Waals surface area contributed by atoms with E-state index < -0.39 is 0 Å². The van der Waals surface area contributed by atoms with E-state index in [1.165, 1.54) is 27.9 Å². The van der Waals surface area contributed by atoms with Gasteiger partial charge in [0.1, 0.15) is 0 Å². The monoisotopic (exact) mass is 306 g/mol. The Bertz CT molecular complexity index is 642. The van der Waals surface area contributed by atoms with Crippen LogP contribution in [0.1, 0.15) is 45.7 Å². The smallest absolute Gasteiger partial charge is 0.208 e. The molecule has 1 aromatic rings. The molecule has 2 radical (unpaired) electrons. The molecule has 0 saturated carbocycles. The first-order valence-corrected chi connectivity index (χ1v) is 8.35. The van der Waals surface area contributed by atoms with Crippen molar-refractivity contribution >= 4 is 0 Å². The van der Waals surface area contributed by atoms with Crippen LogP contribution in [0.25, 0.3) is 0 Å². The minimum Gasteiger partial charge on any atom is -0.349 e. The minimum absolute atomic E-state index is 0.311. The summed E-state index contributed by atoms with van der Waals surface area (Å²) in [6.07, 6.45) is 5.28. The number of nitrogens with zero attached hydrogens (tertiary/aromatic N) is 2. The standard InChI is InChI=1S/C21H26N2/c1-15-16(2)18(4)20(17(15)3)13-21(19-9-7-6-8-10-19)23-12-11-22(5)14-23/h6-12,20-21H,13H2,1-5H3. The van der Waals surface area contributed by atoms with Crippen molar-refractivity contribution in [3.63, 3.8) is 0 Å². The second-order valence-corrected chi connectivity index (χ2v) is 6.75. The van der Waals surface area contributed by atoms with E-state index in [0.717, 1.165) is 6.42 Å². The quantitative estimate of drug-likeness (QED) is 0.760. The fourth-order valence-corrected chi connectivity index (χ4v) is 3.70. The predicted octanol–water partition coefficient (Wildman–Crippen LogP) is 5.14. The molecule has 0 saturated heterocycles. The van der Waals surface area contributed by atoms with Crippen LogP contribution in [-0.2, 0) is 0 Å². The molecule has 1 unspecified atom stereocenters. The van der Waals surface area contributed by atoms with Crippen molar-refractivity contribution in [2.24, 2.45) is 5.92 Å². The van der Waals surface area contributed by atoms with E-state index in [4.69, 9.17) is 0 Å². The van der Waals surface area contributed by atoms with E-state index in [1.54, 1.807) is 0 Å². The molecule has 1 aliphatic carbocycles. The molecule has 2 heteroatoms. The summed E-state index contributed by atoms with van der Waals surface area (Å²) in [4.78, 5) is 4.21. The van der Waals surface area contributed by atoms with Crippen molar-refractivity contribution in [1.82, 2.24) is 9.80 Å². The average molecular weight is 306 g/mol. The molecular weight excluding hydrogens is 280 g/mol. The molecular formula is C21H26N2. The van der Waals surface area contributed by atoms with Gasteiger partial charge < -0.3 is 9.80 Å². The maximum Gasteiger partial charge on any atom is 0.208 e. The van der Waals surface area contributed by atoms with Crippen LogP contribution in [0.15, 0.2) is 65.0 Å². The normalized spacial score (nSPS) is 20.2. The Kier molecular flexibility index (Phi) is 4.34. The maximum absolute atomic E-state index is 3.40. The molecule has 2 aliphatic rings. The fourth-order valence-electron chi connectivity index (χ4n) is 3.70. The van der Waals surface area contributed by atoms with Gasteiger partial charge in [0.25, 0.3) is 0 Å². The molecule has 0 fully saturated rings. The van der Waals surface area contributed by atoms with E-state index in [0.29, 0.717) is 12.0 Å². The Labute approximate surface area is 140 Å². The van der Waals surface area contributed by atoms with Crippen molar-refractivity contribution in [3.8, 4) is 0 Å². The first-order chi connectivity index (χ1) is 11.0. The molecule has 0 spiro atoms. The number of allylic oxidation sites excluding steroid dienone is 4. The molecule has 120 valence electrons. The highest BCUT2D eigenvalue weighted by Crippen LogP contribution is 2.43. The first kappa shape index (κ1) is 15.9. The summed E-state index contributed by atoms with van der Waals surface area (Å²) in [7, 11) is 2.03. The summed E-state index contributed by atoms with van der Waals surface area (Å²) < 4.78 is 0. The van der Waals surface area contributed by atoms with E-state index in [1.807, 2.05) is 11.9 Å². The average Bonchev–Trinajstić information content (AvgIpc) is 3.06. The third kappa shape index (κ3) is 2.95. The Morgan fingerprint density at radius 1 is 0.957 bits per heavy atom. The van der Waals surface area contributed by atoms with E-state index >= 15 is 0 Å². The SMILES string of the molecule is CC1=C(C)C(CC(c2ccccc2)N2[C]N(C)C=C2)C(C)=C1C. The minimum atomic E-state index is 0.311. The molecule has 3 rings (SSSR count). The third-order valence-corrected chi connectivity index (χ3v) is 5.49. The topological polar surface area (TPSA) is 6.48 Å². The van der Waals surface area contributed by atoms with E-state index in [9.17, 15) is 0 Å². The van der Waals surface area contributed by atoms with Crippen LogP contribution in [0.5, 0.6) is 0 Å². The number of hydrogen-bond donors (Lipinski definition) is 0. The van der Waals surface area contributed by atoms with Gasteiger partial charge in [-0.15, -0.1) is 0 Å². The fraction of sp³-hybridized carbons (Fsp3) is 0.381. The van der Waals surface area contributed by atoms with Crippen LogP contribution in [-0.4, -0.2) is 16.8 Å². The van der Waals surface area contributed by atoms with E-state index in [-0.39, 0.29) is 0 Å². The summed E-state index contributed by atoms with van der Waals surface area (Å²) in [5.74, 6) is 0.529. The van der Waals surface area contributed by atoms with Crippen LogP contribution in [0.4, 0.5) is 0 Å². The molecule has 23 heavy (non-hydrogen) atoms. The summed E-state index contributed by atoms with van der Waals surface area (Å²) >= 11 is 0. The molecule has 0 aromatic heterocycles. The zero-order valence-electron chi connectivity index (χ0n) is 14.8. The lowest BCUT2D eigenvalue weighted by Crippen LogP contribution is -2.25. The molecule has 1 aromatic carbocycles. The number of benzene rings is 1. The van der Waals surface area contributed by atoms with Gasteiger partial charge in [-0.1, -0.05) is 41.5 Å². The lowest BCUT2D eigenvalue weighted by molar-refractivity contribution is 0.270. The predicted molar refractivity (Wildman–Crippen MR) is 96.0 cm³/mol. The van der Waals surface area contributed by atoms with Gasteiger partial charge >= 0.3 is 0 Å². The summed E-state index contributed by atoms with van der Waals surface area (Å²) in [5, 5.41) is 0. The van der Waals surface area contributed by atoms with Gasteiger partial charge in [0, 0.05) is 25.4 Å². The summed E-state index contributed by atoms with van der Waals surface area (Å²) in [6, 6.07) is 11.1. The Morgan fingerprint density at radius 2 is 1.57 bits per heavy atom. The second-order valence-electron chi connectivity index (χ2n) is 6.75. The van der Waals surface area contributed by atoms with Crippen molar-refractivity contribution in [2.75, 3.05) is 7.05 Å².